The van der Waals surface area contributed by atoms with E-state index in [1.54, 1.807) is 37.3 Å². The van der Waals surface area contributed by atoms with E-state index in [2.05, 4.69) is 20.5 Å². The lowest BCUT2D eigenvalue weighted by molar-refractivity contribution is -0.385. The Morgan fingerprint density at radius 2 is 1.87 bits per heavy atom. The van der Waals surface area contributed by atoms with Gasteiger partial charge in [-0.3, -0.25) is 14.9 Å². The average Bonchev–Trinajstić information content (AvgIpc) is 3.14. The van der Waals surface area contributed by atoms with Crippen molar-refractivity contribution in [1.29, 1.82) is 0 Å². The average molecular weight is 409 g/mol. The van der Waals surface area contributed by atoms with E-state index < -0.39 is 10.8 Å². The third kappa shape index (κ3) is 4.35. The van der Waals surface area contributed by atoms with Crippen LogP contribution >= 0.6 is 0 Å². The van der Waals surface area contributed by atoms with E-state index in [9.17, 15) is 14.9 Å². The molecule has 0 aliphatic heterocycles. The fourth-order valence-corrected chi connectivity index (χ4v) is 2.76. The van der Waals surface area contributed by atoms with E-state index in [1.807, 2.05) is 0 Å². The SMILES string of the molecule is COc1cc2cc(C(=O)Nc3ccc(/C(C)=N/N=C(N)N)cc3)[nH]c2cc1[N+](=O)[O-]. The summed E-state index contributed by atoms with van der Waals surface area (Å²) in [4.78, 5) is 26.1. The van der Waals surface area contributed by atoms with E-state index >= 15 is 0 Å². The lowest BCUT2D eigenvalue weighted by atomic mass is 10.1. The lowest BCUT2D eigenvalue weighted by Crippen LogP contribution is -2.22. The highest BCUT2D eigenvalue weighted by Gasteiger charge is 2.18. The molecule has 1 aromatic heterocycles. The number of rotatable bonds is 6. The summed E-state index contributed by atoms with van der Waals surface area (Å²) >= 11 is 0. The molecule has 0 saturated carbocycles. The third-order valence-electron chi connectivity index (χ3n) is 4.24. The van der Waals surface area contributed by atoms with Gasteiger partial charge in [0.25, 0.3) is 5.91 Å². The van der Waals surface area contributed by atoms with Crippen LogP contribution in [0, 0.1) is 10.1 Å². The molecule has 0 unspecified atom stereocenters. The molecule has 0 atom stereocenters. The largest absolute Gasteiger partial charge is 0.490 e. The number of nitro benzene ring substituents is 1. The Morgan fingerprint density at radius 1 is 1.17 bits per heavy atom. The monoisotopic (exact) mass is 409 g/mol. The molecule has 1 heterocycles. The number of hydrogen-bond acceptors (Lipinski definition) is 6. The van der Waals surface area contributed by atoms with Crippen LogP contribution in [0.2, 0.25) is 0 Å². The third-order valence-corrected chi connectivity index (χ3v) is 4.24. The van der Waals surface area contributed by atoms with Crippen molar-refractivity contribution in [3.05, 3.63) is 63.8 Å². The van der Waals surface area contributed by atoms with Crippen molar-refractivity contribution in [2.24, 2.45) is 21.7 Å². The molecule has 0 spiro atoms. The molecule has 6 N–H and O–H groups in total. The summed E-state index contributed by atoms with van der Waals surface area (Å²) in [6, 6.07) is 11.4. The Bertz CT molecular complexity index is 1180. The maximum Gasteiger partial charge on any atom is 0.313 e. The minimum absolute atomic E-state index is 0.117. The van der Waals surface area contributed by atoms with Crippen LogP contribution in [0.15, 0.2) is 52.7 Å². The number of aromatic nitrogens is 1. The lowest BCUT2D eigenvalue weighted by Gasteiger charge is -2.05. The van der Waals surface area contributed by atoms with E-state index in [0.29, 0.717) is 22.3 Å². The zero-order valence-electron chi connectivity index (χ0n) is 16.2. The van der Waals surface area contributed by atoms with Crippen LogP contribution in [0.1, 0.15) is 23.0 Å². The summed E-state index contributed by atoms with van der Waals surface area (Å²) in [5, 5.41) is 22.0. The molecule has 3 rings (SSSR count). The van der Waals surface area contributed by atoms with Gasteiger partial charge in [-0.15, -0.1) is 5.10 Å². The minimum atomic E-state index is -0.543. The Labute approximate surface area is 170 Å². The number of amides is 1. The number of nitrogens with zero attached hydrogens (tertiary/aromatic N) is 3. The van der Waals surface area contributed by atoms with Gasteiger partial charge in [0.15, 0.2) is 5.75 Å². The fraction of sp³-hybridized carbons (Fsp3) is 0.105. The molecule has 3 aromatic rings. The highest BCUT2D eigenvalue weighted by atomic mass is 16.6. The van der Waals surface area contributed by atoms with E-state index in [-0.39, 0.29) is 23.1 Å². The van der Waals surface area contributed by atoms with E-state index in [1.165, 1.54) is 19.2 Å². The Balaban J connectivity index is 1.80. The highest BCUT2D eigenvalue weighted by Crippen LogP contribution is 2.32. The van der Waals surface area contributed by atoms with Crippen LogP contribution in [0.4, 0.5) is 11.4 Å². The van der Waals surface area contributed by atoms with E-state index in [4.69, 9.17) is 16.2 Å². The van der Waals surface area contributed by atoms with Gasteiger partial charge in [0, 0.05) is 17.1 Å². The van der Waals surface area contributed by atoms with Crippen LogP contribution in [-0.2, 0) is 0 Å². The molecule has 0 saturated heterocycles. The van der Waals surface area contributed by atoms with Crippen LogP contribution in [0.25, 0.3) is 10.9 Å². The quantitative estimate of drug-likeness (QED) is 0.210. The minimum Gasteiger partial charge on any atom is -0.490 e. The van der Waals surface area contributed by atoms with Crippen molar-refractivity contribution >= 4 is 39.9 Å². The van der Waals surface area contributed by atoms with Gasteiger partial charge in [0.1, 0.15) is 5.69 Å². The maximum atomic E-state index is 12.6. The molecule has 30 heavy (non-hydrogen) atoms. The molecule has 0 radical (unpaired) electrons. The number of nitrogens with two attached hydrogens (primary N) is 2. The number of nitrogens with one attached hydrogen (secondary N) is 2. The predicted molar refractivity (Wildman–Crippen MR) is 114 cm³/mol. The number of hydrogen-bond donors (Lipinski definition) is 4. The predicted octanol–water partition coefficient (Wildman–Crippen LogP) is 2.33. The summed E-state index contributed by atoms with van der Waals surface area (Å²) in [6.07, 6.45) is 0. The van der Waals surface area contributed by atoms with Crippen molar-refractivity contribution in [3.8, 4) is 5.75 Å². The van der Waals surface area contributed by atoms with Crippen LogP contribution in [0.5, 0.6) is 5.75 Å². The normalized spacial score (nSPS) is 11.2. The topological polar surface area (TPSA) is 174 Å². The second kappa shape index (κ2) is 8.31. The molecule has 1 amide bonds. The van der Waals surface area contributed by atoms with Crippen molar-refractivity contribution in [3.63, 3.8) is 0 Å². The summed E-state index contributed by atoms with van der Waals surface area (Å²) in [5.74, 6) is -0.419. The number of guanidine groups is 1. The summed E-state index contributed by atoms with van der Waals surface area (Å²) in [5.41, 5.74) is 13.0. The van der Waals surface area contributed by atoms with Crippen molar-refractivity contribution in [2.75, 3.05) is 12.4 Å². The second-order valence-corrected chi connectivity index (χ2v) is 6.29. The fourth-order valence-electron chi connectivity index (χ4n) is 2.76. The van der Waals surface area contributed by atoms with Gasteiger partial charge in [0.05, 0.1) is 23.3 Å². The standard InChI is InChI=1S/C19H19N7O4/c1-10(24-25-19(20)21)11-3-5-13(6-4-11)22-18(27)15-7-12-8-17(30-2)16(26(28)29)9-14(12)23-15/h3-9,23H,1-2H3,(H,22,27)(H4,20,21,25)/b24-10+. The second-order valence-electron chi connectivity index (χ2n) is 6.29. The van der Waals surface area contributed by atoms with E-state index in [0.717, 1.165) is 5.56 Å². The number of fused-ring (bicyclic) bond motifs is 1. The summed E-state index contributed by atoms with van der Waals surface area (Å²) < 4.78 is 5.05. The number of aromatic amines is 1. The first-order chi connectivity index (χ1) is 14.3. The van der Waals surface area contributed by atoms with Crippen LogP contribution in [0.3, 0.4) is 0 Å². The molecular weight excluding hydrogens is 390 g/mol. The first-order valence-corrected chi connectivity index (χ1v) is 8.68. The molecule has 0 aliphatic carbocycles. The van der Waals surface area contributed by atoms with Crippen LogP contribution in [-0.4, -0.2) is 34.6 Å². The Hall–Kier alpha value is -4.41. The van der Waals surface area contributed by atoms with Gasteiger partial charge >= 0.3 is 5.69 Å². The zero-order chi connectivity index (χ0) is 21.8. The summed E-state index contributed by atoms with van der Waals surface area (Å²) in [7, 11) is 1.35. The maximum absolute atomic E-state index is 12.6. The first kappa shape index (κ1) is 20.3. The number of methoxy groups -OCH3 is 1. The van der Waals surface area contributed by atoms with Gasteiger partial charge in [-0.1, -0.05) is 12.1 Å². The van der Waals surface area contributed by atoms with Crippen LogP contribution < -0.4 is 21.5 Å². The first-order valence-electron chi connectivity index (χ1n) is 8.68. The molecule has 11 heteroatoms. The number of nitro groups is 1. The number of carbonyl (C=O) groups excluding carboxylic acids is 1. The van der Waals surface area contributed by atoms with Crippen molar-refractivity contribution < 1.29 is 14.5 Å². The van der Waals surface area contributed by atoms with Gasteiger partial charge < -0.3 is 26.5 Å². The van der Waals surface area contributed by atoms with Gasteiger partial charge in [-0.2, -0.15) is 5.10 Å². The molecular formula is C19H19N7O4. The van der Waals surface area contributed by atoms with Gasteiger partial charge in [0.2, 0.25) is 5.96 Å². The smallest absolute Gasteiger partial charge is 0.313 e. The molecule has 0 aliphatic rings. The van der Waals surface area contributed by atoms with Gasteiger partial charge in [-0.05, 0) is 36.8 Å². The summed E-state index contributed by atoms with van der Waals surface area (Å²) in [6.45, 7) is 1.75. The van der Waals surface area contributed by atoms with Crippen molar-refractivity contribution in [2.45, 2.75) is 6.92 Å². The Morgan fingerprint density at radius 3 is 2.47 bits per heavy atom. The number of ether oxygens (including phenoxy) is 1. The zero-order valence-corrected chi connectivity index (χ0v) is 16.2. The number of H-pyrrole nitrogens is 1. The highest BCUT2D eigenvalue weighted by molar-refractivity contribution is 6.06. The molecule has 154 valence electrons. The molecule has 0 fully saturated rings. The molecule has 11 nitrogen and oxygen atoms in total. The van der Waals surface area contributed by atoms with Gasteiger partial charge in [-0.25, -0.2) is 0 Å². The number of benzene rings is 2. The Kier molecular flexibility index (Phi) is 5.63. The number of carbonyl (C=O) groups is 1. The molecule has 2 aromatic carbocycles. The molecule has 0 bridgehead atoms. The number of anilines is 1. The van der Waals surface area contributed by atoms with Crippen molar-refractivity contribution in [1.82, 2.24) is 4.98 Å².